The van der Waals surface area contributed by atoms with Crippen LogP contribution in [-0.2, 0) is 0 Å². The van der Waals surface area contributed by atoms with E-state index in [0.29, 0.717) is 0 Å². The molecule has 0 aliphatic rings. The van der Waals surface area contributed by atoms with Gasteiger partial charge in [-0.1, -0.05) is 30.3 Å². The fourth-order valence-electron chi connectivity index (χ4n) is 2.21. The normalized spacial score (nSPS) is 11.5. The molecule has 0 aliphatic carbocycles. The number of nitrogens with zero attached hydrogens (tertiary/aromatic N) is 2. The maximum Gasteiger partial charge on any atom is 0.204 e. The van der Waals surface area contributed by atoms with Crippen molar-refractivity contribution < 1.29 is 5.11 Å². The number of hydrogen-bond acceptors (Lipinski definition) is 5. The summed E-state index contributed by atoms with van der Waals surface area (Å²) in [5, 5.41) is 14.5. The Kier molecular flexibility index (Phi) is 4.39. The minimum absolute atomic E-state index is 0.248. The Bertz CT molecular complexity index is 823. The van der Waals surface area contributed by atoms with Crippen molar-refractivity contribution in [2.45, 2.75) is 13.8 Å². The Morgan fingerprint density at radius 2 is 1.78 bits per heavy atom. The minimum Gasteiger partial charge on any atom is -0.508 e. The van der Waals surface area contributed by atoms with Crippen LogP contribution in [0.1, 0.15) is 17.4 Å². The molecule has 0 saturated carbocycles. The third-order valence-electron chi connectivity index (χ3n) is 3.45. The first kappa shape index (κ1) is 15.2. The molecular weight excluding hydrogens is 306 g/mol. The van der Waals surface area contributed by atoms with E-state index in [1.807, 2.05) is 37.3 Å². The van der Waals surface area contributed by atoms with Crippen LogP contribution in [0.25, 0.3) is 11.3 Å². The highest BCUT2D eigenvalue weighted by atomic mass is 32.1. The zero-order valence-electron chi connectivity index (χ0n) is 12.9. The lowest BCUT2D eigenvalue weighted by Crippen LogP contribution is -1.99. The molecule has 0 aliphatic heterocycles. The van der Waals surface area contributed by atoms with Crippen LogP contribution < -0.4 is 5.43 Å². The number of phenolic OH excluding ortho intramolecular Hbond substituents is 1. The third-order valence-corrected chi connectivity index (χ3v) is 4.32. The molecule has 23 heavy (non-hydrogen) atoms. The van der Waals surface area contributed by atoms with E-state index in [1.54, 1.807) is 23.5 Å². The minimum atomic E-state index is 0.248. The monoisotopic (exact) mass is 323 g/mol. The van der Waals surface area contributed by atoms with Crippen LogP contribution in [0, 0.1) is 6.92 Å². The molecule has 116 valence electrons. The average molecular weight is 323 g/mol. The first-order valence-corrected chi connectivity index (χ1v) is 8.07. The summed E-state index contributed by atoms with van der Waals surface area (Å²) in [7, 11) is 0. The largest absolute Gasteiger partial charge is 0.508 e. The zero-order valence-corrected chi connectivity index (χ0v) is 13.8. The van der Waals surface area contributed by atoms with Crippen molar-refractivity contribution in [3.05, 3.63) is 65.0 Å². The van der Waals surface area contributed by atoms with E-state index in [1.165, 1.54) is 0 Å². The summed E-state index contributed by atoms with van der Waals surface area (Å²) in [5.41, 5.74) is 6.89. The van der Waals surface area contributed by atoms with E-state index in [-0.39, 0.29) is 5.75 Å². The van der Waals surface area contributed by atoms with Crippen LogP contribution >= 0.6 is 11.3 Å². The Morgan fingerprint density at radius 1 is 1.09 bits per heavy atom. The van der Waals surface area contributed by atoms with Crippen molar-refractivity contribution in [2.75, 3.05) is 5.43 Å². The fourth-order valence-corrected chi connectivity index (χ4v) is 2.99. The molecule has 1 aromatic heterocycles. The van der Waals surface area contributed by atoms with E-state index in [9.17, 15) is 5.11 Å². The van der Waals surface area contributed by atoms with E-state index in [2.05, 4.69) is 34.6 Å². The smallest absolute Gasteiger partial charge is 0.204 e. The number of anilines is 1. The van der Waals surface area contributed by atoms with Crippen LogP contribution in [-0.4, -0.2) is 15.8 Å². The maximum atomic E-state index is 9.32. The predicted octanol–water partition coefficient (Wildman–Crippen LogP) is 4.66. The Morgan fingerprint density at radius 3 is 2.48 bits per heavy atom. The lowest BCUT2D eigenvalue weighted by Gasteiger charge is -2.01. The van der Waals surface area contributed by atoms with Crippen molar-refractivity contribution in [3.63, 3.8) is 0 Å². The molecule has 3 rings (SSSR count). The van der Waals surface area contributed by atoms with E-state index < -0.39 is 0 Å². The van der Waals surface area contributed by atoms with Crippen molar-refractivity contribution in [1.82, 2.24) is 4.98 Å². The van der Waals surface area contributed by atoms with Gasteiger partial charge in [0.25, 0.3) is 0 Å². The second-order valence-corrected chi connectivity index (χ2v) is 6.35. The number of nitrogens with one attached hydrogen (secondary N) is 1. The number of aromatic hydroxyl groups is 1. The second-order valence-electron chi connectivity index (χ2n) is 5.15. The third kappa shape index (κ3) is 3.57. The van der Waals surface area contributed by atoms with Gasteiger partial charge in [-0.2, -0.15) is 5.10 Å². The molecule has 0 bridgehead atoms. The summed E-state index contributed by atoms with van der Waals surface area (Å²) in [5.74, 6) is 0.248. The van der Waals surface area contributed by atoms with E-state index >= 15 is 0 Å². The van der Waals surface area contributed by atoms with Gasteiger partial charge in [0.05, 0.1) is 11.4 Å². The SMILES string of the molecule is C/C(=N\Nc1nc(-c2ccccc2)c(C)s1)c1ccc(O)cc1. The molecule has 3 aromatic rings. The van der Waals surface area contributed by atoms with Gasteiger partial charge in [-0.15, -0.1) is 11.3 Å². The molecule has 0 atom stereocenters. The van der Waals surface area contributed by atoms with Gasteiger partial charge in [0.2, 0.25) is 5.13 Å². The molecule has 0 radical (unpaired) electrons. The summed E-state index contributed by atoms with van der Waals surface area (Å²) >= 11 is 1.58. The number of aryl methyl sites for hydroxylation is 1. The lowest BCUT2D eigenvalue weighted by molar-refractivity contribution is 0.475. The molecule has 2 N–H and O–H groups in total. The van der Waals surface area contributed by atoms with Gasteiger partial charge < -0.3 is 5.11 Å². The van der Waals surface area contributed by atoms with Gasteiger partial charge in [0.15, 0.2) is 0 Å². The van der Waals surface area contributed by atoms with Gasteiger partial charge in [0, 0.05) is 10.4 Å². The summed E-state index contributed by atoms with van der Waals surface area (Å²) in [6, 6.07) is 17.1. The highest BCUT2D eigenvalue weighted by molar-refractivity contribution is 7.15. The second kappa shape index (κ2) is 6.62. The van der Waals surface area contributed by atoms with Gasteiger partial charge >= 0.3 is 0 Å². The summed E-state index contributed by atoms with van der Waals surface area (Å²) in [4.78, 5) is 5.77. The highest BCUT2D eigenvalue weighted by Gasteiger charge is 2.09. The Balaban J connectivity index is 1.79. The van der Waals surface area contributed by atoms with E-state index in [0.717, 1.165) is 32.5 Å². The summed E-state index contributed by atoms with van der Waals surface area (Å²) in [6.07, 6.45) is 0. The van der Waals surface area contributed by atoms with Crippen LogP contribution in [0.4, 0.5) is 5.13 Å². The average Bonchev–Trinajstić information content (AvgIpc) is 2.95. The van der Waals surface area contributed by atoms with Crippen molar-refractivity contribution in [1.29, 1.82) is 0 Å². The van der Waals surface area contributed by atoms with Gasteiger partial charge in [-0.25, -0.2) is 4.98 Å². The predicted molar refractivity (Wildman–Crippen MR) is 96.2 cm³/mol. The number of thiazole rings is 1. The molecule has 4 nitrogen and oxygen atoms in total. The molecule has 2 aromatic carbocycles. The number of phenols is 1. The summed E-state index contributed by atoms with van der Waals surface area (Å²) < 4.78 is 0. The fraction of sp³-hybridized carbons (Fsp3) is 0.111. The Hall–Kier alpha value is -2.66. The standard InChI is InChI=1S/C18H17N3OS/c1-12(14-8-10-16(22)11-9-14)20-21-18-19-17(13(2)23-18)15-6-4-3-5-7-15/h3-11,22H,1-2H3,(H,19,21)/b20-12+. The van der Waals surface area contributed by atoms with Crippen LogP contribution in [0.5, 0.6) is 5.75 Å². The molecule has 1 heterocycles. The molecule has 0 spiro atoms. The number of aromatic nitrogens is 1. The van der Waals surface area contributed by atoms with E-state index in [4.69, 9.17) is 0 Å². The molecule has 0 amide bonds. The van der Waals surface area contributed by atoms with Crippen LogP contribution in [0.3, 0.4) is 0 Å². The first-order chi connectivity index (χ1) is 11.1. The van der Waals surface area contributed by atoms with Crippen molar-refractivity contribution in [2.24, 2.45) is 5.10 Å². The molecule has 5 heteroatoms. The number of benzene rings is 2. The van der Waals surface area contributed by atoms with Gasteiger partial charge in [0.1, 0.15) is 5.75 Å². The molecule has 0 unspecified atom stereocenters. The molecule has 0 fully saturated rings. The van der Waals surface area contributed by atoms with Crippen LogP contribution in [0.2, 0.25) is 0 Å². The maximum absolute atomic E-state index is 9.32. The lowest BCUT2D eigenvalue weighted by atomic mass is 10.1. The first-order valence-electron chi connectivity index (χ1n) is 7.26. The van der Waals surface area contributed by atoms with Crippen molar-refractivity contribution >= 4 is 22.2 Å². The molecular formula is C18H17N3OS. The van der Waals surface area contributed by atoms with Gasteiger partial charge in [-0.3, -0.25) is 5.43 Å². The Labute approximate surface area is 139 Å². The zero-order chi connectivity index (χ0) is 16.2. The quantitative estimate of drug-likeness (QED) is 0.542. The summed E-state index contributed by atoms with van der Waals surface area (Å²) in [6.45, 7) is 3.97. The number of rotatable bonds is 4. The van der Waals surface area contributed by atoms with Crippen molar-refractivity contribution in [3.8, 4) is 17.0 Å². The molecule has 0 saturated heterocycles. The number of hydrogen-bond donors (Lipinski definition) is 2. The number of hydrazone groups is 1. The highest BCUT2D eigenvalue weighted by Crippen LogP contribution is 2.30. The topological polar surface area (TPSA) is 57.5 Å². The van der Waals surface area contributed by atoms with Crippen LogP contribution in [0.15, 0.2) is 59.7 Å². The van der Waals surface area contributed by atoms with Gasteiger partial charge in [-0.05, 0) is 43.7 Å².